The van der Waals surface area contributed by atoms with Crippen molar-refractivity contribution < 1.29 is 9.53 Å². The summed E-state index contributed by atoms with van der Waals surface area (Å²) in [5.41, 5.74) is 2.83. The molecule has 0 saturated carbocycles. The molecule has 2 rings (SSSR count). The summed E-state index contributed by atoms with van der Waals surface area (Å²) in [6.07, 6.45) is 5.56. The Morgan fingerprint density at radius 2 is 1.69 bits per heavy atom. The SMILES string of the molecule is CCCCCCOc1ccc(-c2ccc(C(=O)C(C)CC)cc2)cc1Cl. The molecule has 2 nitrogen and oxygen atoms in total. The average Bonchev–Trinajstić information content (AvgIpc) is 2.67. The molecule has 2 aromatic rings. The summed E-state index contributed by atoms with van der Waals surface area (Å²) in [6, 6.07) is 13.6. The van der Waals surface area contributed by atoms with E-state index in [0.29, 0.717) is 11.6 Å². The summed E-state index contributed by atoms with van der Waals surface area (Å²) in [6.45, 7) is 6.90. The second kappa shape index (κ2) is 10.4. The van der Waals surface area contributed by atoms with Crippen molar-refractivity contribution in [1.29, 1.82) is 0 Å². The molecule has 1 atom stereocenters. The number of halogens is 1. The number of hydrogen-bond acceptors (Lipinski definition) is 2. The van der Waals surface area contributed by atoms with Crippen LogP contribution in [0, 0.1) is 5.92 Å². The van der Waals surface area contributed by atoms with Crippen LogP contribution in [0.15, 0.2) is 42.5 Å². The number of Topliss-reactive ketones (excluding diaryl/α,β-unsaturated/α-hetero) is 1. The van der Waals surface area contributed by atoms with E-state index in [1.807, 2.05) is 56.3 Å². The summed E-state index contributed by atoms with van der Waals surface area (Å²) in [4.78, 5) is 12.3. The molecule has 0 aliphatic carbocycles. The van der Waals surface area contributed by atoms with Gasteiger partial charge >= 0.3 is 0 Å². The Balaban J connectivity index is 2.03. The summed E-state index contributed by atoms with van der Waals surface area (Å²) in [7, 11) is 0. The lowest BCUT2D eigenvalue weighted by atomic mass is 9.95. The van der Waals surface area contributed by atoms with Crippen molar-refractivity contribution >= 4 is 17.4 Å². The van der Waals surface area contributed by atoms with Crippen molar-refractivity contribution in [1.82, 2.24) is 0 Å². The highest BCUT2D eigenvalue weighted by Gasteiger charge is 2.13. The number of rotatable bonds is 10. The van der Waals surface area contributed by atoms with Gasteiger partial charge in [-0.1, -0.05) is 82.0 Å². The zero-order valence-corrected chi connectivity index (χ0v) is 16.8. The molecule has 0 fully saturated rings. The molecule has 0 aromatic heterocycles. The lowest BCUT2D eigenvalue weighted by Gasteiger charge is -2.11. The number of unbranched alkanes of at least 4 members (excludes halogenated alkanes) is 3. The standard InChI is InChI=1S/C23H29ClO2/c1-4-6-7-8-15-26-22-14-13-20(16-21(22)24)18-9-11-19(12-10-18)23(25)17(3)5-2/h9-14,16-17H,4-8,15H2,1-3H3. The van der Waals surface area contributed by atoms with Crippen LogP contribution in [0.2, 0.25) is 5.02 Å². The van der Waals surface area contributed by atoms with Gasteiger partial charge in [0.2, 0.25) is 0 Å². The fraction of sp³-hybridized carbons (Fsp3) is 0.435. The molecule has 0 radical (unpaired) electrons. The summed E-state index contributed by atoms with van der Waals surface area (Å²) < 4.78 is 5.79. The van der Waals surface area contributed by atoms with Crippen molar-refractivity contribution in [2.75, 3.05) is 6.61 Å². The van der Waals surface area contributed by atoms with Crippen LogP contribution >= 0.6 is 11.6 Å². The van der Waals surface area contributed by atoms with E-state index in [9.17, 15) is 4.79 Å². The van der Waals surface area contributed by atoms with Gasteiger partial charge in [-0.05, 0) is 36.1 Å². The van der Waals surface area contributed by atoms with Gasteiger partial charge in [-0.3, -0.25) is 4.79 Å². The number of ether oxygens (including phenoxy) is 1. The summed E-state index contributed by atoms with van der Waals surface area (Å²) in [5, 5.41) is 0.623. The maximum Gasteiger partial charge on any atom is 0.165 e. The largest absolute Gasteiger partial charge is 0.492 e. The third kappa shape index (κ3) is 5.60. The van der Waals surface area contributed by atoms with Crippen LogP contribution in [0.25, 0.3) is 11.1 Å². The second-order valence-corrected chi connectivity index (χ2v) is 7.21. The minimum Gasteiger partial charge on any atom is -0.492 e. The Morgan fingerprint density at radius 1 is 1.00 bits per heavy atom. The quantitative estimate of drug-likeness (QED) is 0.325. The predicted molar refractivity (Wildman–Crippen MR) is 110 cm³/mol. The lowest BCUT2D eigenvalue weighted by Crippen LogP contribution is -2.09. The number of ketones is 1. The van der Waals surface area contributed by atoms with Crippen molar-refractivity contribution in [2.45, 2.75) is 52.9 Å². The molecular formula is C23H29ClO2. The molecule has 2 aromatic carbocycles. The Morgan fingerprint density at radius 3 is 2.31 bits per heavy atom. The van der Waals surface area contributed by atoms with Crippen molar-refractivity contribution in [3.63, 3.8) is 0 Å². The van der Waals surface area contributed by atoms with Gasteiger partial charge in [0.1, 0.15) is 5.75 Å². The monoisotopic (exact) mass is 372 g/mol. The zero-order chi connectivity index (χ0) is 18.9. The third-order valence-corrected chi connectivity index (χ3v) is 5.05. The smallest absolute Gasteiger partial charge is 0.165 e. The van der Waals surface area contributed by atoms with Crippen LogP contribution in [-0.2, 0) is 0 Å². The van der Waals surface area contributed by atoms with Crippen LogP contribution in [0.5, 0.6) is 5.75 Å². The normalized spacial score (nSPS) is 12.0. The number of hydrogen-bond donors (Lipinski definition) is 0. The highest BCUT2D eigenvalue weighted by molar-refractivity contribution is 6.32. The second-order valence-electron chi connectivity index (χ2n) is 6.81. The van der Waals surface area contributed by atoms with Gasteiger partial charge in [0, 0.05) is 11.5 Å². The molecular weight excluding hydrogens is 344 g/mol. The average molecular weight is 373 g/mol. The zero-order valence-electron chi connectivity index (χ0n) is 16.1. The molecule has 3 heteroatoms. The highest BCUT2D eigenvalue weighted by Crippen LogP contribution is 2.31. The summed E-state index contributed by atoms with van der Waals surface area (Å²) in [5.74, 6) is 0.989. The lowest BCUT2D eigenvalue weighted by molar-refractivity contribution is 0.0927. The molecule has 0 spiro atoms. The number of carbonyl (C=O) groups is 1. The van der Waals surface area contributed by atoms with Crippen molar-refractivity contribution in [3.05, 3.63) is 53.1 Å². The molecule has 0 amide bonds. The van der Waals surface area contributed by atoms with Crippen LogP contribution in [0.1, 0.15) is 63.2 Å². The first-order valence-corrected chi connectivity index (χ1v) is 10.0. The van der Waals surface area contributed by atoms with E-state index in [1.54, 1.807) is 0 Å². The molecule has 0 heterocycles. The fourth-order valence-corrected chi connectivity index (χ4v) is 3.04. The van der Waals surface area contributed by atoms with E-state index in [4.69, 9.17) is 16.3 Å². The van der Waals surface area contributed by atoms with Gasteiger partial charge in [-0.2, -0.15) is 0 Å². The highest BCUT2D eigenvalue weighted by atomic mass is 35.5. The third-order valence-electron chi connectivity index (χ3n) is 4.75. The van der Waals surface area contributed by atoms with Gasteiger partial charge in [-0.25, -0.2) is 0 Å². The molecule has 26 heavy (non-hydrogen) atoms. The predicted octanol–water partition coefficient (Wildman–Crippen LogP) is 7.19. The van der Waals surface area contributed by atoms with E-state index < -0.39 is 0 Å². The molecule has 0 aliphatic rings. The molecule has 0 N–H and O–H groups in total. The van der Waals surface area contributed by atoms with Gasteiger partial charge < -0.3 is 4.74 Å². The van der Waals surface area contributed by atoms with E-state index in [0.717, 1.165) is 35.3 Å². The Bertz CT molecular complexity index is 707. The van der Waals surface area contributed by atoms with E-state index in [2.05, 4.69) is 6.92 Å². The minimum atomic E-state index is 0.0593. The molecule has 0 bridgehead atoms. The van der Waals surface area contributed by atoms with Crippen LogP contribution in [0.4, 0.5) is 0 Å². The molecule has 0 saturated heterocycles. The van der Waals surface area contributed by atoms with Crippen molar-refractivity contribution in [2.24, 2.45) is 5.92 Å². The van der Waals surface area contributed by atoms with E-state index in [1.165, 1.54) is 19.3 Å². The number of carbonyl (C=O) groups excluding carboxylic acids is 1. The minimum absolute atomic E-state index is 0.0593. The topological polar surface area (TPSA) is 26.3 Å². The first-order chi connectivity index (χ1) is 12.6. The Hall–Kier alpha value is -1.80. The van der Waals surface area contributed by atoms with Gasteiger partial charge in [0.25, 0.3) is 0 Å². The first-order valence-electron chi connectivity index (χ1n) is 9.63. The van der Waals surface area contributed by atoms with Gasteiger partial charge in [0.05, 0.1) is 11.6 Å². The fourth-order valence-electron chi connectivity index (χ4n) is 2.81. The first kappa shape index (κ1) is 20.5. The number of benzene rings is 2. The Labute approximate surface area is 162 Å². The molecule has 140 valence electrons. The van der Waals surface area contributed by atoms with Gasteiger partial charge in [0.15, 0.2) is 5.78 Å². The van der Waals surface area contributed by atoms with Crippen LogP contribution in [-0.4, -0.2) is 12.4 Å². The maximum atomic E-state index is 12.3. The van der Waals surface area contributed by atoms with E-state index >= 15 is 0 Å². The van der Waals surface area contributed by atoms with Crippen LogP contribution < -0.4 is 4.74 Å². The summed E-state index contributed by atoms with van der Waals surface area (Å²) >= 11 is 6.38. The van der Waals surface area contributed by atoms with Crippen molar-refractivity contribution in [3.8, 4) is 16.9 Å². The maximum absolute atomic E-state index is 12.3. The molecule has 0 aliphatic heterocycles. The Kier molecular flexibility index (Phi) is 8.18. The van der Waals surface area contributed by atoms with Crippen LogP contribution in [0.3, 0.4) is 0 Å². The van der Waals surface area contributed by atoms with Gasteiger partial charge in [-0.15, -0.1) is 0 Å². The van der Waals surface area contributed by atoms with E-state index in [-0.39, 0.29) is 11.7 Å². The molecule has 1 unspecified atom stereocenters.